The Balaban J connectivity index is 2.15. The largest absolute Gasteiger partial charge is 0.383 e. The van der Waals surface area contributed by atoms with E-state index in [2.05, 4.69) is 23.6 Å². The van der Waals surface area contributed by atoms with E-state index in [9.17, 15) is 5.11 Å². The van der Waals surface area contributed by atoms with Crippen LogP contribution < -0.4 is 0 Å². The number of benzene rings is 1. The highest BCUT2D eigenvalue weighted by molar-refractivity contribution is 7.17. The highest BCUT2D eigenvalue weighted by atomic mass is 32.1. The van der Waals surface area contributed by atoms with Crippen molar-refractivity contribution in [1.29, 1.82) is 0 Å². The first-order valence-corrected chi connectivity index (χ1v) is 7.21. The standard InChI is InChI=1S/C14H12OS2/c1-9-5-7-16-13(9)12(15)11-4-2-3-10-6-8-17-14(10)11/h2-8,12,15H,1H3. The second-order valence-corrected chi connectivity index (χ2v) is 5.92. The molecule has 0 radical (unpaired) electrons. The van der Waals surface area contributed by atoms with E-state index < -0.39 is 6.10 Å². The Bertz CT molecular complexity index is 651. The number of fused-ring (bicyclic) bond motifs is 1. The number of aryl methyl sites for hydroxylation is 1. The zero-order valence-corrected chi connectivity index (χ0v) is 11.0. The van der Waals surface area contributed by atoms with Gasteiger partial charge in [-0.15, -0.1) is 22.7 Å². The Labute approximate surface area is 108 Å². The zero-order chi connectivity index (χ0) is 11.8. The molecule has 3 heteroatoms. The molecule has 0 saturated carbocycles. The maximum Gasteiger partial charge on any atom is 0.115 e. The van der Waals surface area contributed by atoms with Gasteiger partial charge in [-0.1, -0.05) is 18.2 Å². The quantitative estimate of drug-likeness (QED) is 0.726. The minimum absolute atomic E-state index is 0.502. The normalized spacial score (nSPS) is 13.1. The molecule has 0 saturated heterocycles. The van der Waals surface area contributed by atoms with Crippen LogP contribution in [0.5, 0.6) is 0 Å². The minimum atomic E-state index is -0.502. The summed E-state index contributed by atoms with van der Waals surface area (Å²) < 4.78 is 1.19. The smallest absolute Gasteiger partial charge is 0.115 e. The fourth-order valence-corrected chi connectivity index (χ4v) is 3.90. The van der Waals surface area contributed by atoms with Crippen molar-refractivity contribution in [2.24, 2.45) is 0 Å². The molecular formula is C14H12OS2. The van der Waals surface area contributed by atoms with Gasteiger partial charge in [0.25, 0.3) is 0 Å². The fraction of sp³-hybridized carbons (Fsp3) is 0.143. The molecule has 1 unspecified atom stereocenters. The van der Waals surface area contributed by atoms with E-state index in [0.29, 0.717) is 0 Å². The molecule has 0 spiro atoms. The molecule has 1 atom stereocenters. The SMILES string of the molecule is Cc1ccsc1C(O)c1cccc2ccsc12. The summed E-state index contributed by atoms with van der Waals surface area (Å²) in [7, 11) is 0. The molecule has 3 aromatic rings. The van der Waals surface area contributed by atoms with Crippen LogP contribution in [0.25, 0.3) is 10.1 Å². The number of aliphatic hydroxyl groups excluding tert-OH is 1. The van der Waals surface area contributed by atoms with Crippen molar-refractivity contribution >= 4 is 32.8 Å². The van der Waals surface area contributed by atoms with Crippen molar-refractivity contribution < 1.29 is 5.11 Å². The summed E-state index contributed by atoms with van der Waals surface area (Å²) >= 11 is 3.31. The van der Waals surface area contributed by atoms with Crippen molar-refractivity contribution in [1.82, 2.24) is 0 Å². The van der Waals surface area contributed by atoms with E-state index in [-0.39, 0.29) is 0 Å². The van der Waals surface area contributed by atoms with E-state index >= 15 is 0 Å². The summed E-state index contributed by atoms with van der Waals surface area (Å²) in [4.78, 5) is 1.05. The lowest BCUT2D eigenvalue weighted by atomic mass is 10.0. The Morgan fingerprint density at radius 1 is 1.06 bits per heavy atom. The summed E-state index contributed by atoms with van der Waals surface area (Å²) in [6.45, 7) is 2.05. The third kappa shape index (κ3) is 1.80. The molecule has 17 heavy (non-hydrogen) atoms. The number of hydrogen-bond acceptors (Lipinski definition) is 3. The average molecular weight is 260 g/mol. The molecule has 86 valence electrons. The van der Waals surface area contributed by atoms with Gasteiger partial charge in [0.15, 0.2) is 0 Å². The number of rotatable bonds is 2. The zero-order valence-electron chi connectivity index (χ0n) is 9.38. The van der Waals surface area contributed by atoms with Gasteiger partial charge in [-0.25, -0.2) is 0 Å². The van der Waals surface area contributed by atoms with Gasteiger partial charge < -0.3 is 5.11 Å². The highest BCUT2D eigenvalue weighted by Gasteiger charge is 2.17. The third-order valence-corrected chi connectivity index (χ3v) is 5.00. The number of thiophene rings is 2. The summed E-state index contributed by atoms with van der Waals surface area (Å²) in [5.41, 5.74) is 2.18. The van der Waals surface area contributed by atoms with Crippen LogP contribution >= 0.6 is 22.7 Å². The van der Waals surface area contributed by atoms with Crippen molar-refractivity contribution in [3.63, 3.8) is 0 Å². The average Bonchev–Trinajstić information content (AvgIpc) is 2.95. The lowest BCUT2D eigenvalue weighted by Gasteiger charge is -2.11. The third-order valence-electron chi connectivity index (χ3n) is 2.95. The predicted octanol–water partition coefficient (Wildman–Crippen LogP) is 4.35. The molecule has 2 heterocycles. The second kappa shape index (κ2) is 4.26. The Hall–Kier alpha value is -1.16. The molecule has 1 aromatic carbocycles. The van der Waals surface area contributed by atoms with Crippen molar-refractivity contribution in [2.75, 3.05) is 0 Å². The van der Waals surface area contributed by atoms with Gasteiger partial charge in [-0.05, 0) is 40.8 Å². The summed E-state index contributed by atoms with van der Waals surface area (Å²) in [5.74, 6) is 0. The molecule has 1 N–H and O–H groups in total. The molecule has 1 nitrogen and oxygen atoms in total. The lowest BCUT2D eigenvalue weighted by molar-refractivity contribution is 0.225. The van der Waals surface area contributed by atoms with Gasteiger partial charge >= 0.3 is 0 Å². The topological polar surface area (TPSA) is 20.2 Å². The molecule has 0 bridgehead atoms. The Kier molecular flexibility index (Phi) is 2.74. The van der Waals surface area contributed by atoms with Crippen LogP contribution in [0.3, 0.4) is 0 Å². The van der Waals surface area contributed by atoms with E-state index in [1.54, 1.807) is 22.7 Å². The van der Waals surface area contributed by atoms with Gasteiger partial charge in [0, 0.05) is 15.1 Å². The van der Waals surface area contributed by atoms with Crippen LogP contribution in [0.4, 0.5) is 0 Å². The molecule has 0 aliphatic carbocycles. The van der Waals surface area contributed by atoms with Crippen LogP contribution in [0.15, 0.2) is 41.1 Å². The summed E-state index contributed by atoms with van der Waals surface area (Å²) in [6.07, 6.45) is -0.502. The molecular weight excluding hydrogens is 248 g/mol. The minimum Gasteiger partial charge on any atom is -0.383 e. The maximum absolute atomic E-state index is 10.5. The lowest BCUT2D eigenvalue weighted by Crippen LogP contribution is -1.98. The number of aliphatic hydroxyl groups is 1. The van der Waals surface area contributed by atoms with E-state index in [0.717, 1.165) is 16.0 Å². The molecule has 0 aliphatic rings. The van der Waals surface area contributed by atoms with Crippen LogP contribution in [0.2, 0.25) is 0 Å². The fourth-order valence-electron chi connectivity index (χ4n) is 2.04. The molecule has 3 rings (SSSR count). The van der Waals surface area contributed by atoms with Crippen LogP contribution in [0, 0.1) is 6.92 Å². The number of hydrogen-bond donors (Lipinski definition) is 1. The predicted molar refractivity (Wildman–Crippen MR) is 74.9 cm³/mol. The molecule has 0 amide bonds. The molecule has 0 fully saturated rings. The first kappa shape index (κ1) is 11.0. The molecule has 2 aromatic heterocycles. The van der Waals surface area contributed by atoms with E-state index in [1.807, 2.05) is 24.4 Å². The monoisotopic (exact) mass is 260 g/mol. The first-order chi connectivity index (χ1) is 8.27. The van der Waals surface area contributed by atoms with Gasteiger partial charge in [0.2, 0.25) is 0 Å². The van der Waals surface area contributed by atoms with Crippen LogP contribution in [-0.2, 0) is 0 Å². The molecule has 0 aliphatic heterocycles. The van der Waals surface area contributed by atoms with Crippen molar-refractivity contribution in [3.05, 3.63) is 57.1 Å². The van der Waals surface area contributed by atoms with Gasteiger partial charge in [-0.2, -0.15) is 0 Å². The second-order valence-electron chi connectivity index (χ2n) is 4.06. The van der Waals surface area contributed by atoms with Gasteiger partial charge in [-0.3, -0.25) is 0 Å². The van der Waals surface area contributed by atoms with Crippen molar-refractivity contribution in [3.8, 4) is 0 Å². The first-order valence-electron chi connectivity index (χ1n) is 5.45. The Morgan fingerprint density at radius 2 is 1.88 bits per heavy atom. The summed E-state index contributed by atoms with van der Waals surface area (Å²) in [5, 5.41) is 15.8. The summed E-state index contributed by atoms with van der Waals surface area (Å²) in [6, 6.07) is 10.3. The maximum atomic E-state index is 10.5. The highest BCUT2D eigenvalue weighted by Crippen LogP contribution is 2.35. The van der Waals surface area contributed by atoms with Gasteiger partial charge in [0.05, 0.1) is 0 Å². The van der Waals surface area contributed by atoms with Crippen molar-refractivity contribution in [2.45, 2.75) is 13.0 Å². The Morgan fingerprint density at radius 3 is 2.65 bits per heavy atom. The van der Waals surface area contributed by atoms with Crippen LogP contribution in [-0.4, -0.2) is 5.11 Å². The van der Waals surface area contributed by atoms with E-state index in [4.69, 9.17) is 0 Å². The van der Waals surface area contributed by atoms with Crippen LogP contribution in [0.1, 0.15) is 22.1 Å². The van der Waals surface area contributed by atoms with Gasteiger partial charge in [0.1, 0.15) is 6.10 Å². The van der Waals surface area contributed by atoms with E-state index in [1.165, 1.54) is 10.1 Å².